The smallest absolute Gasteiger partial charge is 0.328 e. The molecule has 9 N–H and O–H groups in total. The predicted octanol–water partition coefficient (Wildman–Crippen LogP) is -1.20. The normalized spacial score (nSPS) is 14.2. The Morgan fingerprint density at radius 1 is 0.763 bits per heavy atom. The maximum Gasteiger partial charge on any atom is 0.328 e. The number of rotatable bonds is 13. The molecule has 4 unspecified atom stereocenters. The Morgan fingerprint density at radius 3 is 2.00 bits per heavy atom. The molecule has 0 spiro atoms. The number of aliphatic hydroxyl groups is 2. The van der Waals surface area contributed by atoms with Crippen LogP contribution in [-0.4, -0.2) is 81.4 Å². The number of para-hydroxylation sites is 1. The second-order valence-corrected chi connectivity index (χ2v) is 8.75. The van der Waals surface area contributed by atoms with Gasteiger partial charge in [0.1, 0.15) is 18.1 Å². The molecule has 0 aliphatic carbocycles. The number of aliphatic carboxylic acids is 1. The van der Waals surface area contributed by atoms with Gasteiger partial charge in [-0.05, 0) is 23.6 Å². The van der Waals surface area contributed by atoms with E-state index in [0.717, 1.165) is 16.5 Å². The lowest BCUT2D eigenvalue weighted by Crippen LogP contribution is -2.59. The Balaban J connectivity index is 1.67. The van der Waals surface area contributed by atoms with E-state index >= 15 is 0 Å². The highest BCUT2D eigenvalue weighted by Crippen LogP contribution is 2.18. The van der Waals surface area contributed by atoms with Crippen molar-refractivity contribution in [3.05, 3.63) is 71.9 Å². The maximum absolute atomic E-state index is 12.9. The van der Waals surface area contributed by atoms with Crippen molar-refractivity contribution in [1.29, 1.82) is 0 Å². The van der Waals surface area contributed by atoms with Gasteiger partial charge in [0.05, 0.1) is 19.3 Å². The number of hydrogen-bond acceptors (Lipinski definition) is 7. The van der Waals surface area contributed by atoms with Gasteiger partial charge < -0.3 is 42.0 Å². The Kier molecular flexibility index (Phi) is 9.93. The fourth-order valence-electron chi connectivity index (χ4n) is 3.89. The van der Waals surface area contributed by atoms with Crippen LogP contribution in [0.4, 0.5) is 0 Å². The number of nitrogens with one attached hydrogen (secondary N) is 4. The van der Waals surface area contributed by atoms with Crippen molar-refractivity contribution in [3.8, 4) is 0 Å². The minimum absolute atomic E-state index is 0.0116. The van der Waals surface area contributed by atoms with Crippen molar-refractivity contribution < 1.29 is 34.5 Å². The molecule has 1 heterocycles. The van der Waals surface area contributed by atoms with Gasteiger partial charge in [-0.25, -0.2) is 4.79 Å². The molecular formula is C26H31N5O7. The van der Waals surface area contributed by atoms with Gasteiger partial charge in [-0.15, -0.1) is 0 Å². The molecule has 0 bridgehead atoms. The van der Waals surface area contributed by atoms with E-state index in [2.05, 4.69) is 20.9 Å². The molecule has 3 amide bonds. The van der Waals surface area contributed by atoms with E-state index in [4.69, 9.17) is 10.8 Å². The molecule has 202 valence electrons. The molecule has 0 radical (unpaired) electrons. The molecule has 0 aliphatic rings. The van der Waals surface area contributed by atoms with E-state index in [1.165, 1.54) is 0 Å². The first-order chi connectivity index (χ1) is 18.2. The zero-order valence-corrected chi connectivity index (χ0v) is 20.5. The summed E-state index contributed by atoms with van der Waals surface area (Å²) in [6.45, 7) is -1.62. The standard InChI is InChI=1S/C26H31N5O7/c27-18(11-16-12-28-19-9-5-4-8-17(16)19)23(34)30-21(13-32)25(36)29-20(10-15-6-2-1-3-7-15)24(35)31-22(14-33)26(37)38/h1-9,12,18,20-22,28,32-33H,10-11,13-14,27H2,(H,29,36)(H,30,34)(H,31,35)(H,37,38). The topological polar surface area (TPSA) is 207 Å². The van der Waals surface area contributed by atoms with Gasteiger partial charge in [0.15, 0.2) is 0 Å². The summed E-state index contributed by atoms with van der Waals surface area (Å²) in [6, 6.07) is 10.9. The number of carbonyl (C=O) groups excluding carboxylic acids is 3. The first kappa shape index (κ1) is 28.3. The fourth-order valence-corrected chi connectivity index (χ4v) is 3.89. The van der Waals surface area contributed by atoms with Gasteiger partial charge >= 0.3 is 5.97 Å². The van der Waals surface area contributed by atoms with E-state index in [1.54, 1.807) is 36.5 Å². The quantitative estimate of drug-likeness (QED) is 0.136. The highest BCUT2D eigenvalue weighted by atomic mass is 16.4. The van der Waals surface area contributed by atoms with E-state index in [0.29, 0.717) is 5.56 Å². The van der Waals surface area contributed by atoms with Gasteiger partial charge in [-0.3, -0.25) is 14.4 Å². The number of aliphatic hydroxyl groups excluding tert-OH is 2. The SMILES string of the molecule is NC(Cc1c[nH]c2ccccc12)C(=O)NC(CO)C(=O)NC(Cc1ccccc1)C(=O)NC(CO)C(=O)O. The average Bonchev–Trinajstić information content (AvgIpc) is 3.32. The Labute approximate surface area is 218 Å². The highest BCUT2D eigenvalue weighted by Gasteiger charge is 2.30. The van der Waals surface area contributed by atoms with E-state index in [9.17, 15) is 29.4 Å². The van der Waals surface area contributed by atoms with E-state index in [1.807, 2.05) is 24.3 Å². The number of nitrogens with two attached hydrogens (primary N) is 1. The molecule has 0 saturated heterocycles. The number of hydrogen-bond donors (Lipinski definition) is 8. The van der Waals surface area contributed by atoms with E-state index < -0.39 is 61.1 Å². The van der Waals surface area contributed by atoms with Crippen LogP contribution < -0.4 is 21.7 Å². The molecule has 0 fully saturated rings. The number of carboxylic acid groups (broad SMARTS) is 1. The van der Waals surface area contributed by atoms with Gasteiger partial charge in [-0.1, -0.05) is 48.5 Å². The second kappa shape index (κ2) is 13.3. The first-order valence-electron chi connectivity index (χ1n) is 11.9. The summed E-state index contributed by atoms with van der Waals surface area (Å²) >= 11 is 0. The Bertz CT molecular complexity index is 1260. The van der Waals surface area contributed by atoms with Crippen LogP contribution in [0.3, 0.4) is 0 Å². The van der Waals surface area contributed by atoms with Crippen LogP contribution in [0.5, 0.6) is 0 Å². The lowest BCUT2D eigenvalue weighted by molar-refractivity contribution is -0.143. The van der Waals surface area contributed by atoms with Crippen LogP contribution >= 0.6 is 0 Å². The average molecular weight is 526 g/mol. The first-order valence-corrected chi connectivity index (χ1v) is 11.9. The van der Waals surface area contributed by atoms with Gasteiger partial charge in [-0.2, -0.15) is 0 Å². The molecule has 0 aliphatic heterocycles. The largest absolute Gasteiger partial charge is 0.480 e. The molecule has 4 atom stereocenters. The van der Waals surface area contributed by atoms with Gasteiger partial charge in [0.25, 0.3) is 0 Å². The van der Waals surface area contributed by atoms with Crippen LogP contribution in [-0.2, 0) is 32.0 Å². The highest BCUT2D eigenvalue weighted by molar-refractivity contribution is 5.94. The number of amides is 3. The molecule has 0 saturated carbocycles. The monoisotopic (exact) mass is 525 g/mol. The third-order valence-electron chi connectivity index (χ3n) is 5.98. The molecule has 38 heavy (non-hydrogen) atoms. The molecule has 12 heteroatoms. The van der Waals surface area contributed by atoms with Crippen LogP contribution in [0.25, 0.3) is 10.9 Å². The Morgan fingerprint density at radius 2 is 1.34 bits per heavy atom. The zero-order valence-electron chi connectivity index (χ0n) is 20.5. The third kappa shape index (κ3) is 7.38. The van der Waals surface area contributed by atoms with Gasteiger partial charge in [0.2, 0.25) is 17.7 Å². The molecule has 12 nitrogen and oxygen atoms in total. The number of H-pyrrole nitrogens is 1. The predicted molar refractivity (Wildman–Crippen MR) is 138 cm³/mol. The summed E-state index contributed by atoms with van der Waals surface area (Å²) in [6.07, 6.45) is 1.91. The maximum atomic E-state index is 12.9. The number of benzene rings is 2. The second-order valence-electron chi connectivity index (χ2n) is 8.75. The number of carboxylic acids is 1. The molecular weight excluding hydrogens is 494 g/mol. The number of fused-ring (bicyclic) bond motifs is 1. The van der Waals surface area contributed by atoms with Crippen LogP contribution in [0.2, 0.25) is 0 Å². The molecule has 3 aromatic rings. The summed E-state index contributed by atoms with van der Waals surface area (Å²) in [5.74, 6) is -3.86. The number of aromatic nitrogens is 1. The summed E-state index contributed by atoms with van der Waals surface area (Å²) in [5, 5.41) is 36.1. The van der Waals surface area contributed by atoms with Crippen molar-refractivity contribution in [2.75, 3.05) is 13.2 Å². The van der Waals surface area contributed by atoms with Gasteiger partial charge in [0, 0.05) is 23.5 Å². The Hall–Kier alpha value is -4.26. The minimum atomic E-state index is -1.58. The molecule has 1 aromatic heterocycles. The molecule has 2 aromatic carbocycles. The summed E-state index contributed by atoms with van der Waals surface area (Å²) in [4.78, 5) is 52.8. The lowest BCUT2D eigenvalue weighted by atomic mass is 10.0. The number of carbonyl (C=O) groups is 4. The van der Waals surface area contributed by atoms with Crippen molar-refractivity contribution in [1.82, 2.24) is 20.9 Å². The number of aromatic amines is 1. The van der Waals surface area contributed by atoms with Crippen molar-refractivity contribution in [3.63, 3.8) is 0 Å². The summed E-state index contributed by atoms with van der Waals surface area (Å²) < 4.78 is 0. The lowest BCUT2D eigenvalue weighted by Gasteiger charge is -2.24. The van der Waals surface area contributed by atoms with Crippen LogP contribution in [0.1, 0.15) is 11.1 Å². The summed E-state index contributed by atoms with van der Waals surface area (Å²) in [7, 11) is 0. The van der Waals surface area contributed by atoms with E-state index in [-0.39, 0.29) is 12.8 Å². The summed E-state index contributed by atoms with van der Waals surface area (Å²) in [5.41, 5.74) is 8.43. The molecule has 3 rings (SSSR count). The van der Waals surface area contributed by atoms with Crippen molar-refractivity contribution in [2.24, 2.45) is 5.73 Å². The zero-order chi connectivity index (χ0) is 27.7. The van der Waals surface area contributed by atoms with Crippen LogP contribution in [0.15, 0.2) is 60.8 Å². The van der Waals surface area contributed by atoms with Crippen LogP contribution in [0, 0.1) is 0 Å². The van der Waals surface area contributed by atoms with Crippen molar-refractivity contribution in [2.45, 2.75) is 37.0 Å². The van der Waals surface area contributed by atoms with Crippen molar-refractivity contribution >= 4 is 34.6 Å². The minimum Gasteiger partial charge on any atom is -0.480 e. The third-order valence-corrected chi connectivity index (χ3v) is 5.98. The fraction of sp³-hybridized carbons (Fsp3) is 0.308.